The molecule has 0 saturated carbocycles. The van der Waals surface area contributed by atoms with Gasteiger partial charge in [-0.3, -0.25) is 0 Å². The van der Waals surface area contributed by atoms with E-state index in [-0.39, 0.29) is 6.04 Å². The van der Waals surface area contributed by atoms with E-state index in [1.54, 1.807) is 0 Å². The van der Waals surface area contributed by atoms with Crippen LogP contribution in [0.3, 0.4) is 0 Å². The SMILES string of the molecule is O=S(=O)(Cl)N1CCC[C@H]2CNC[C@H]21. The second kappa shape index (κ2) is 3.38. The average molecular weight is 225 g/mol. The van der Waals surface area contributed by atoms with E-state index in [0.29, 0.717) is 12.5 Å². The van der Waals surface area contributed by atoms with Crippen LogP contribution in [0.1, 0.15) is 12.8 Å². The molecule has 2 saturated heterocycles. The molecule has 0 aromatic rings. The Labute approximate surface area is 82.8 Å². The second-order valence-corrected chi connectivity index (χ2v) is 6.14. The molecule has 0 aliphatic carbocycles. The monoisotopic (exact) mass is 224 g/mol. The van der Waals surface area contributed by atoms with Crippen LogP contribution in [0.5, 0.6) is 0 Å². The molecule has 0 unspecified atom stereocenters. The van der Waals surface area contributed by atoms with Crippen molar-refractivity contribution in [2.24, 2.45) is 5.92 Å². The van der Waals surface area contributed by atoms with Crippen molar-refractivity contribution >= 4 is 19.9 Å². The van der Waals surface area contributed by atoms with Gasteiger partial charge in [-0.1, -0.05) is 0 Å². The minimum Gasteiger partial charge on any atom is -0.315 e. The van der Waals surface area contributed by atoms with Crippen molar-refractivity contribution in [3.8, 4) is 0 Å². The fourth-order valence-corrected chi connectivity index (χ4v) is 3.73. The van der Waals surface area contributed by atoms with Crippen molar-refractivity contribution in [2.75, 3.05) is 19.6 Å². The van der Waals surface area contributed by atoms with Crippen molar-refractivity contribution in [2.45, 2.75) is 18.9 Å². The van der Waals surface area contributed by atoms with Crippen LogP contribution in [0.4, 0.5) is 0 Å². The summed E-state index contributed by atoms with van der Waals surface area (Å²) in [6.07, 6.45) is 2.04. The Balaban J connectivity index is 2.19. The number of halogens is 1. The molecule has 2 heterocycles. The molecule has 2 aliphatic heterocycles. The summed E-state index contributed by atoms with van der Waals surface area (Å²) in [6.45, 7) is 2.25. The Morgan fingerprint density at radius 1 is 1.38 bits per heavy atom. The lowest BCUT2D eigenvalue weighted by Crippen LogP contribution is -2.46. The predicted octanol–water partition coefficient (Wildman–Crippen LogP) is 0.154. The topological polar surface area (TPSA) is 49.4 Å². The Hall–Kier alpha value is 0.160. The third-order valence-electron chi connectivity index (χ3n) is 2.91. The lowest BCUT2D eigenvalue weighted by molar-refractivity contribution is 0.221. The third kappa shape index (κ3) is 1.83. The summed E-state index contributed by atoms with van der Waals surface area (Å²) in [7, 11) is 1.83. The molecule has 1 N–H and O–H groups in total. The van der Waals surface area contributed by atoms with E-state index < -0.39 is 9.24 Å². The largest absolute Gasteiger partial charge is 0.315 e. The van der Waals surface area contributed by atoms with Gasteiger partial charge < -0.3 is 5.32 Å². The summed E-state index contributed by atoms with van der Waals surface area (Å²) >= 11 is 0. The van der Waals surface area contributed by atoms with Crippen molar-refractivity contribution in [3.05, 3.63) is 0 Å². The Morgan fingerprint density at radius 2 is 2.15 bits per heavy atom. The number of hydrogen-bond acceptors (Lipinski definition) is 3. The lowest BCUT2D eigenvalue weighted by Gasteiger charge is -2.33. The van der Waals surface area contributed by atoms with E-state index >= 15 is 0 Å². The van der Waals surface area contributed by atoms with Gasteiger partial charge in [-0.25, -0.2) is 0 Å². The molecule has 2 aliphatic rings. The molecule has 13 heavy (non-hydrogen) atoms. The summed E-state index contributed by atoms with van der Waals surface area (Å²) in [5.74, 6) is 0.460. The second-order valence-electron chi connectivity index (χ2n) is 3.68. The molecule has 0 aromatic heterocycles. The highest BCUT2D eigenvalue weighted by molar-refractivity contribution is 8.11. The van der Waals surface area contributed by atoms with Crippen molar-refractivity contribution in [1.29, 1.82) is 0 Å². The van der Waals surface area contributed by atoms with Crippen LogP contribution in [-0.4, -0.2) is 38.4 Å². The van der Waals surface area contributed by atoms with Gasteiger partial charge in [0.25, 0.3) is 9.24 Å². The fraction of sp³-hybridized carbons (Fsp3) is 1.00. The molecule has 0 radical (unpaired) electrons. The van der Waals surface area contributed by atoms with Crippen LogP contribution >= 0.6 is 10.7 Å². The van der Waals surface area contributed by atoms with Gasteiger partial charge >= 0.3 is 0 Å². The van der Waals surface area contributed by atoms with Crippen LogP contribution in [-0.2, 0) is 9.24 Å². The smallest absolute Gasteiger partial charge is 0.300 e. The van der Waals surface area contributed by atoms with Gasteiger partial charge in [0.1, 0.15) is 0 Å². The van der Waals surface area contributed by atoms with Gasteiger partial charge in [-0.2, -0.15) is 12.7 Å². The van der Waals surface area contributed by atoms with Crippen molar-refractivity contribution in [3.63, 3.8) is 0 Å². The molecule has 0 aromatic carbocycles. The molecule has 2 fully saturated rings. The zero-order valence-electron chi connectivity index (χ0n) is 7.24. The first kappa shape index (κ1) is 9.71. The summed E-state index contributed by atoms with van der Waals surface area (Å²) in [5.41, 5.74) is 0. The first-order valence-electron chi connectivity index (χ1n) is 4.51. The van der Waals surface area contributed by atoms with Gasteiger partial charge in [0.15, 0.2) is 0 Å². The van der Waals surface area contributed by atoms with E-state index in [1.807, 2.05) is 0 Å². The molecular weight excluding hydrogens is 212 g/mol. The molecule has 2 atom stereocenters. The maximum atomic E-state index is 11.2. The van der Waals surface area contributed by atoms with Crippen molar-refractivity contribution < 1.29 is 8.42 Å². The molecule has 4 nitrogen and oxygen atoms in total. The summed E-state index contributed by atoms with van der Waals surface area (Å²) in [5, 5.41) is 3.20. The van der Waals surface area contributed by atoms with Gasteiger partial charge in [0.2, 0.25) is 0 Å². The molecule has 0 spiro atoms. The molecular formula is C7H13ClN2O2S. The minimum atomic E-state index is -3.51. The number of fused-ring (bicyclic) bond motifs is 1. The summed E-state index contributed by atoms with van der Waals surface area (Å²) in [6, 6.07) is 0.0937. The van der Waals surface area contributed by atoms with E-state index in [2.05, 4.69) is 5.32 Å². The number of nitrogens with one attached hydrogen (secondary N) is 1. The average Bonchev–Trinajstić information content (AvgIpc) is 2.48. The first-order valence-corrected chi connectivity index (χ1v) is 6.78. The predicted molar refractivity (Wildman–Crippen MR) is 50.9 cm³/mol. The normalized spacial score (nSPS) is 36.1. The van der Waals surface area contributed by atoms with E-state index in [0.717, 1.165) is 25.9 Å². The standard InChI is InChI=1S/C7H13ClN2O2S/c8-13(11,12)10-3-1-2-6-4-9-5-7(6)10/h6-7,9H,1-5H2/t6-,7+/m0/s1. The Kier molecular flexibility index (Phi) is 2.53. The highest BCUT2D eigenvalue weighted by Crippen LogP contribution is 2.29. The van der Waals surface area contributed by atoms with Crippen LogP contribution < -0.4 is 5.32 Å². The number of rotatable bonds is 1. The Morgan fingerprint density at radius 3 is 2.85 bits per heavy atom. The highest BCUT2D eigenvalue weighted by atomic mass is 35.7. The van der Waals surface area contributed by atoms with E-state index in [1.165, 1.54) is 4.31 Å². The number of piperidine rings is 1. The fourth-order valence-electron chi connectivity index (χ4n) is 2.30. The zero-order valence-corrected chi connectivity index (χ0v) is 8.81. The number of nitrogens with zero attached hydrogens (tertiary/aromatic N) is 1. The van der Waals surface area contributed by atoms with E-state index in [4.69, 9.17) is 10.7 Å². The maximum Gasteiger partial charge on any atom is 0.300 e. The van der Waals surface area contributed by atoms with Crippen LogP contribution in [0.25, 0.3) is 0 Å². The minimum absolute atomic E-state index is 0.0937. The maximum absolute atomic E-state index is 11.2. The van der Waals surface area contributed by atoms with Gasteiger partial charge in [-0.05, 0) is 25.3 Å². The molecule has 76 valence electrons. The van der Waals surface area contributed by atoms with Crippen molar-refractivity contribution in [1.82, 2.24) is 9.62 Å². The first-order chi connectivity index (χ1) is 6.09. The van der Waals surface area contributed by atoms with Crippen LogP contribution in [0, 0.1) is 5.92 Å². The molecule has 2 rings (SSSR count). The van der Waals surface area contributed by atoms with Gasteiger partial charge in [-0.15, -0.1) is 0 Å². The summed E-state index contributed by atoms with van der Waals surface area (Å²) < 4.78 is 23.8. The molecule has 0 bridgehead atoms. The van der Waals surface area contributed by atoms with Crippen LogP contribution in [0.15, 0.2) is 0 Å². The Bertz CT molecular complexity index is 293. The van der Waals surface area contributed by atoms with E-state index in [9.17, 15) is 8.42 Å². The molecule has 0 amide bonds. The molecule has 6 heteroatoms. The van der Waals surface area contributed by atoms with Crippen LogP contribution in [0.2, 0.25) is 0 Å². The van der Waals surface area contributed by atoms with Gasteiger partial charge in [0.05, 0.1) is 0 Å². The quantitative estimate of drug-likeness (QED) is 0.646. The summed E-state index contributed by atoms with van der Waals surface area (Å²) in [4.78, 5) is 0. The van der Waals surface area contributed by atoms with Gasteiger partial charge in [0, 0.05) is 29.8 Å². The zero-order chi connectivity index (χ0) is 9.47. The lowest BCUT2D eigenvalue weighted by atomic mass is 9.94. The highest BCUT2D eigenvalue weighted by Gasteiger charge is 2.39. The third-order valence-corrected chi connectivity index (χ3v) is 4.45. The number of hydrogen-bond donors (Lipinski definition) is 1.